The van der Waals surface area contributed by atoms with Crippen LogP contribution >= 0.6 is 0 Å². The monoisotopic (exact) mass is 387 g/mol. The van der Waals surface area contributed by atoms with Gasteiger partial charge in [-0.3, -0.25) is 14.5 Å². The molecule has 144 valence electrons. The summed E-state index contributed by atoms with van der Waals surface area (Å²) in [6.45, 7) is 0.575. The minimum atomic E-state index is -3.31. The molecule has 0 bridgehead atoms. The van der Waals surface area contributed by atoms with E-state index in [1.54, 1.807) is 42.7 Å². The van der Waals surface area contributed by atoms with E-state index in [4.69, 9.17) is 0 Å². The molecule has 0 radical (unpaired) electrons. The zero-order valence-electron chi connectivity index (χ0n) is 15.2. The number of para-hydroxylation sites is 1. The van der Waals surface area contributed by atoms with E-state index in [2.05, 4.69) is 15.0 Å². The average Bonchev–Trinajstić information content (AvgIpc) is 2.67. The minimum absolute atomic E-state index is 0.0993. The molecule has 1 heterocycles. The van der Waals surface area contributed by atoms with Gasteiger partial charge in [-0.05, 0) is 42.7 Å². The Balaban J connectivity index is 1.54. The van der Waals surface area contributed by atoms with Crippen LogP contribution in [0.25, 0.3) is 6.08 Å². The summed E-state index contributed by atoms with van der Waals surface area (Å²) in [5.41, 5.74) is 1.46. The molecule has 7 heteroatoms. The lowest BCUT2D eigenvalue weighted by atomic mass is 10.2. The van der Waals surface area contributed by atoms with Gasteiger partial charge in [-0.25, -0.2) is 8.42 Å². The molecule has 1 aromatic carbocycles. The van der Waals surface area contributed by atoms with Gasteiger partial charge < -0.3 is 5.32 Å². The quantitative estimate of drug-likeness (QED) is 0.458. The molecular weight excluding hydrogens is 362 g/mol. The van der Waals surface area contributed by atoms with Crippen LogP contribution in [0.4, 0.5) is 5.69 Å². The molecule has 0 saturated heterocycles. The Bertz CT molecular complexity index is 822. The molecular formula is C20H25N3O3S. The topological polar surface area (TPSA) is 88.2 Å². The number of benzene rings is 1. The van der Waals surface area contributed by atoms with E-state index in [1.807, 2.05) is 18.2 Å². The highest BCUT2D eigenvalue weighted by Crippen LogP contribution is 2.10. The van der Waals surface area contributed by atoms with Crippen LogP contribution in [-0.4, -0.2) is 31.6 Å². The van der Waals surface area contributed by atoms with Crippen molar-refractivity contribution in [2.75, 3.05) is 17.0 Å². The SMILES string of the molecule is O=C(C=Cc1cccnc1)NCCCCCCS(=O)(=O)Nc1ccccc1. The van der Waals surface area contributed by atoms with Crippen LogP contribution in [-0.2, 0) is 14.8 Å². The Hall–Kier alpha value is -2.67. The molecule has 0 fully saturated rings. The van der Waals surface area contributed by atoms with Crippen LogP contribution < -0.4 is 10.0 Å². The zero-order valence-corrected chi connectivity index (χ0v) is 16.0. The number of aromatic nitrogens is 1. The van der Waals surface area contributed by atoms with Crippen molar-refractivity contribution in [3.8, 4) is 0 Å². The lowest BCUT2D eigenvalue weighted by Crippen LogP contribution is -2.22. The van der Waals surface area contributed by atoms with Gasteiger partial charge in [0.15, 0.2) is 0 Å². The molecule has 0 saturated carbocycles. The molecule has 6 nitrogen and oxygen atoms in total. The van der Waals surface area contributed by atoms with E-state index in [0.29, 0.717) is 18.7 Å². The first-order valence-electron chi connectivity index (χ1n) is 8.97. The molecule has 0 aliphatic rings. The molecule has 1 amide bonds. The van der Waals surface area contributed by atoms with Gasteiger partial charge in [-0.15, -0.1) is 0 Å². The van der Waals surface area contributed by atoms with Crippen molar-refractivity contribution < 1.29 is 13.2 Å². The predicted octanol–water partition coefficient (Wildman–Crippen LogP) is 3.21. The Morgan fingerprint density at radius 1 is 1.00 bits per heavy atom. The number of hydrogen-bond donors (Lipinski definition) is 2. The fourth-order valence-corrected chi connectivity index (χ4v) is 3.61. The van der Waals surface area contributed by atoms with Crippen molar-refractivity contribution in [3.63, 3.8) is 0 Å². The zero-order chi connectivity index (χ0) is 19.4. The molecule has 1 aromatic heterocycles. The number of unbranched alkanes of at least 4 members (excludes halogenated alkanes) is 3. The molecule has 27 heavy (non-hydrogen) atoms. The molecule has 0 aliphatic heterocycles. The Kier molecular flexibility index (Phi) is 8.51. The van der Waals surface area contributed by atoms with Gasteiger partial charge >= 0.3 is 0 Å². The number of amides is 1. The minimum Gasteiger partial charge on any atom is -0.353 e. The largest absolute Gasteiger partial charge is 0.353 e. The fraction of sp³-hybridized carbons (Fsp3) is 0.300. The summed E-state index contributed by atoms with van der Waals surface area (Å²) in [6.07, 6.45) is 9.65. The van der Waals surface area contributed by atoms with E-state index >= 15 is 0 Å². The van der Waals surface area contributed by atoms with Crippen LogP contribution in [0.5, 0.6) is 0 Å². The summed E-state index contributed by atoms with van der Waals surface area (Å²) in [5.74, 6) is -0.0456. The molecule has 0 unspecified atom stereocenters. The maximum Gasteiger partial charge on any atom is 0.243 e. The molecule has 2 aromatic rings. The first-order valence-corrected chi connectivity index (χ1v) is 10.6. The van der Waals surface area contributed by atoms with E-state index in [1.165, 1.54) is 6.08 Å². The average molecular weight is 388 g/mol. The van der Waals surface area contributed by atoms with E-state index in [9.17, 15) is 13.2 Å². The number of hydrogen-bond acceptors (Lipinski definition) is 4. The summed E-state index contributed by atoms with van der Waals surface area (Å²) in [4.78, 5) is 15.7. The molecule has 0 atom stereocenters. The smallest absolute Gasteiger partial charge is 0.243 e. The van der Waals surface area contributed by atoms with Gasteiger partial charge in [0, 0.05) is 30.7 Å². The number of carbonyl (C=O) groups excluding carboxylic acids is 1. The standard InChI is InChI=1S/C20H25N3O3S/c24-20(13-12-18-9-8-14-21-17-18)22-15-6-1-2-7-16-27(25,26)23-19-10-4-3-5-11-19/h3-5,8-14,17,23H,1-2,6-7,15-16H2,(H,22,24). The van der Waals surface area contributed by atoms with Crippen molar-refractivity contribution in [3.05, 3.63) is 66.5 Å². The normalized spacial score (nSPS) is 11.4. The summed E-state index contributed by atoms with van der Waals surface area (Å²) >= 11 is 0. The number of rotatable bonds is 11. The van der Waals surface area contributed by atoms with Gasteiger partial charge in [-0.2, -0.15) is 0 Å². The summed E-state index contributed by atoms with van der Waals surface area (Å²) < 4.78 is 26.5. The Morgan fingerprint density at radius 3 is 2.52 bits per heavy atom. The predicted molar refractivity (Wildman–Crippen MR) is 109 cm³/mol. The lowest BCUT2D eigenvalue weighted by molar-refractivity contribution is -0.116. The first-order chi connectivity index (χ1) is 13.1. The van der Waals surface area contributed by atoms with Gasteiger partial charge in [0.2, 0.25) is 15.9 Å². The third-order valence-corrected chi connectivity index (χ3v) is 5.17. The van der Waals surface area contributed by atoms with E-state index in [-0.39, 0.29) is 11.7 Å². The Labute approximate surface area is 160 Å². The van der Waals surface area contributed by atoms with Crippen molar-refractivity contribution in [2.45, 2.75) is 25.7 Å². The van der Waals surface area contributed by atoms with E-state index in [0.717, 1.165) is 24.8 Å². The maximum atomic E-state index is 12.0. The van der Waals surface area contributed by atoms with Crippen LogP contribution in [0.2, 0.25) is 0 Å². The van der Waals surface area contributed by atoms with Gasteiger partial charge in [-0.1, -0.05) is 37.1 Å². The highest BCUT2D eigenvalue weighted by molar-refractivity contribution is 7.92. The summed E-state index contributed by atoms with van der Waals surface area (Å²) in [7, 11) is -3.31. The van der Waals surface area contributed by atoms with Crippen molar-refractivity contribution in [1.82, 2.24) is 10.3 Å². The third kappa shape index (κ3) is 9.01. The molecule has 0 spiro atoms. The maximum absolute atomic E-state index is 12.0. The number of sulfonamides is 1. The molecule has 0 aliphatic carbocycles. The second kappa shape index (κ2) is 11.1. The highest BCUT2D eigenvalue weighted by Gasteiger charge is 2.09. The number of anilines is 1. The summed E-state index contributed by atoms with van der Waals surface area (Å²) in [6, 6.07) is 12.6. The van der Waals surface area contributed by atoms with Crippen LogP contribution in [0, 0.1) is 0 Å². The van der Waals surface area contributed by atoms with Crippen molar-refractivity contribution in [1.29, 1.82) is 0 Å². The van der Waals surface area contributed by atoms with Crippen molar-refractivity contribution >= 4 is 27.7 Å². The lowest BCUT2D eigenvalue weighted by Gasteiger charge is -2.07. The first kappa shape index (κ1) is 20.6. The van der Waals surface area contributed by atoms with Crippen molar-refractivity contribution in [2.24, 2.45) is 0 Å². The van der Waals surface area contributed by atoms with Crippen LogP contribution in [0.1, 0.15) is 31.2 Å². The van der Waals surface area contributed by atoms with Gasteiger partial charge in [0.1, 0.15) is 0 Å². The fourth-order valence-electron chi connectivity index (χ4n) is 2.42. The molecule has 2 N–H and O–H groups in total. The van der Waals surface area contributed by atoms with Gasteiger partial charge in [0.25, 0.3) is 0 Å². The third-order valence-electron chi connectivity index (χ3n) is 3.80. The molecule has 2 rings (SSSR count). The number of pyridine rings is 1. The Morgan fingerprint density at radius 2 is 1.78 bits per heavy atom. The van der Waals surface area contributed by atoms with Crippen LogP contribution in [0.3, 0.4) is 0 Å². The number of nitrogens with zero attached hydrogens (tertiary/aromatic N) is 1. The van der Waals surface area contributed by atoms with E-state index < -0.39 is 10.0 Å². The van der Waals surface area contributed by atoms with Gasteiger partial charge in [0.05, 0.1) is 5.75 Å². The van der Waals surface area contributed by atoms with Crippen LogP contribution in [0.15, 0.2) is 60.9 Å². The number of nitrogens with one attached hydrogen (secondary N) is 2. The second-order valence-electron chi connectivity index (χ2n) is 6.11. The summed E-state index contributed by atoms with van der Waals surface area (Å²) in [5, 5.41) is 2.82. The highest BCUT2D eigenvalue weighted by atomic mass is 32.2. The number of carbonyl (C=O) groups is 1. The second-order valence-corrected chi connectivity index (χ2v) is 7.95.